The Morgan fingerprint density at radius 1 is 1.38 bits per heavy atom. The van der Waals surface area contributed by atoms with Crippen molar-refractivity contribution in [2.75, 3.05) is 0 Å². The third kappa shape index (κ3) is 4.62. The first-order valence-electron chi connectivity index (χ1n) is 7.65. The first-order valence-corrected chi connectivity index (χ1v) is 10.4. The summed E-state index contributed by atoms with van der Waals surface area (Å²) in [5.74, 6) is -1.58. The number of ether oxygens (including phenoxy) is 1. The molecule has 2 heterocycles. The lowest BCUT2D eigenvalue weighted by Gasteiger charge is -2.23. The van der Waals surface area contributed by atoms with E-state index in [0.29, 0.717) is 0 Å². The van der Waals surface area contributed by atoms with Gasteiger partial charge in [0.1, 0.15) is 12.2 Å². The predicted octanol–water partition coefficient (Wildman–Crippen LogP) is -0.921. The van der Waals surface area contributed by atoms with Gasteiger partial charge in [-0.3, -0.25) is 18.9 Å². The number of hydrogen-bond donors (Lipinski definition) is 5. The molecule has 1 aliphatic heterocycles. The molecule has 7 atom stereocenters. The number of H-pyrrole nitrogens is 1. The Morgan fingerprint density at radius 3 is 2.58 bits per heavy atom. The monoisotopic (exact) mass is 506 g/mol. The lowest BCUT2D eigenvalue weighted by molar-refractivity contribution is -0.0505. The maximum atomic E-state index is 11.9. The molecule has 0 radical (unpaired) electrons. The highest BCUT2D eigenvalue weighted by Crippen LogP contribution is 2.48. The molecular weight excluding hydrogens is 486 g/mol. The molecule has 4 unspecified atom stereocenters. The van der Waals surface area contributed by atoms with E-state index in [4.69, 9.17) is 9.26 Å². The Bertz CT molecular complexity index is 810. The highest BCUT2D eigenvalue weighted by Gasteiger charge is 2.45. The van der Waals surface area contributed by atoms with Crippen molar-refractivity contribution in [1.82, 2.24) is 9.55 Å². The molecule has 2 rings (SSSR count). The van der Waals surface area contributed by atoms with E-state index in [1.54, 1.807) is 22.6 Å². The number of rotatable bonds is 6. The van der Waals surface area contributed by atoms with Gasteiger partial charge in [-0.15, -0.1) is 0 Å². The molecular formula is C13H20IN2O9P. The topological polar surface area (TPSA) is 171 Å². The number of aromatic amines is 1. The molecule has 0 saturated carbocycles. The molecule has 1 fully saturated rings. The van der Waals surface area contributed by atoms with Crippen LogP contribution in [-0.4, -0.2) is 60.0 Å². The van der Waals surface area contributed by atoms with E-state index in [2.05, 4.69) is 4.98 Å². The summed E-state index contributed by atoms with van der Waals surface area (Å²) in [4.78, 5) is 35.0. The van der Waals surface area contributed by atoms with E-state index in [-0.39, 0.29) is 9.99 Å². The summed E-state index contributed by atoms with van der Waals surface area (Å²) in [6.45, 7) is 2.55. The van der Waals surface area contributed by atoms with Crippen LogP contribution >= 0.6 is 30.2 Å². The lowest BCUT2D eigenvalue weighted by Crippen LogP contribution is -2.38. The predicted molar refractivity (Wildman–Crippen MR) is 96.6 cm³/mol. The summed E-state index contributed by atoms with van der Waals surface area (Å²) in [6, 6.07) is 0. The molecule has 148 valence electrons. The normalized spacial score (nSPS) is 30.7. The van der Waals surface area contributed by atoms with Gasteiger partial charge in [0.2, 0.25) is 0 Å². The molecule has 1 saturated heterocycles. The summed E-state index contributed by atoms with van der Waals surface area (Å²) >= 11 is 1.71. The molecule has 1 aliphatic rings. The van der Waals surface area contributed by atoms with Gasteiger partial charge < -0.3 is 29.5 Å². The van der Waals surface area contributed by atoms with Gasteiger partial charge in [0.25, 0.3) is 5.56 Å². The summed E-state index contributed by atoms with van der Waals surface area (Å²) in [6.07, 6.45) is -4.90. The zero-order valence-corrected chi connectivity index (χ0v) is 16.9. The standard InChI is InChI=1S/C13H20IN2O9P/c1-5(25-26(22,23)6(2)17)3-8-9(18)10(19)12(24-8)16-4-7(14)11(20)15-13(16)21/h4-6,8-10,12,17-19H,3H2,1-2H3,(H,22,23)(H,15,20,21)/t5?,6?,8-,9-,10-,12?/m1/s1. The van der Waals surface area contributed by atoms with Crippen molar-refractivity contribution >= 4 is 30.2 Å². The van der Waals surface area contributed by atoms with Gasteiger partial charge in [0.05, 0.1) is 15.8 Å². The Balaban J connectivity index is 2.15. The van der Waals surface area contributed by atoms with Crippen molar-refractivity contribution in [2.24, 2.45) is 0 Å². The largest absolute Gasteiger partial charge is 0.388 e. The van der Waals surface area contributed by atoms with Crippen molar-refractivity contribution in [3.63, 3.8) is 0 Å². The van der Waals surface area contributed by atoms with Crippen LogP contribution in [0.3, 0.4) is 0 Å². The number of nitrogens with zero attached hydrogens (tertiary/aromatic N) is 1. The Labute approximate surface area is 161 Å². The third-order valence-corrected chi connectivity index (χ3v) is 6.28. The fourth-order valence-electron chi connectivity index (χ4n) is 2.52. The number of hydrogen-bond acceptors (Lipinski definition) is 8. The summed E-state index contributed by atoms with van der Waals surface area (Å²) < 4.78 is 23.3. The quantitative estimate of drug-likeness (QED) is 0.242. The Hall–Kier alpha value is -0.600. The van der Waals surface area contributed by atoms with E-state index < -0.39 is 55.3 Å². The van der Waals surface area contributed by atoms with E-state index in [1.165, 1.54) is 13.1 Å². The average Bonchev–Trinajstić information content (AvgIpc) is 2.78. The number of aromatic nitrogens is 2. The van der Waals surface area contributed by atoms with Crippen LogP contribution in [0.15, 0.2) is 15.8 Å². The summed E-state index contributed by atoms with van der Waals surface area (Å²) in [5, 5.41) is 29.6. The second kappa shape index (κ2) is 8.19. The van der Waals surface area contributed by atoms with Crippen LogP contribution in [0.1, 0.15) is 26.5 Å². The van der Waals surface area contributed by atoms with Gasteiger partial charge in [-0.2, -0.15) is 0 Å². The van der Waals surface area contributed by atoms with Crippen LogP contribution < -0.4 is 11.2 Å². The molecule has 1 aromatic heterocycles. The number of nitrogens with one attached hydrogen (secondary N) is 1. The lowest BCUT2D eigenvalue weighted by atomic mass is 10.1. The van der Waals surface area contributed by atoms with Crippen molar-refractivity contribution in [3.8, 4) is 0 Å². The van der Waals surface area contributed by atoms with Gasteiger partial charge in [0.15, 0.2) is 12.1 Å². The minimum atomic E-state index is -4.25. The fraction of sp³-hybridized carbons (Fsp3) is 0.692. The molecule has 5 N–H and O–H groups in total. The summed E-state index contributed by atoms with van der Waals surface area (Å²) in [5.41, 5.74) is -1.40. The van der Waals surface area contributed by atoms with Crippen molar-refractivity contribution < 1.29 is 34.0 Å². The molecule has 1 aromatic rings. The first kappa shape index (κ1) is 21.7. The molecule has 0 aromatic carbocycles. The SMILES string of the molecule is CC(C[C@H]1OC(n2cc(I)c(=O)[nH]c2=O)[C@H](O)[C@@H]1O)OP(=O)(O)C(C)O. The minimum absolute atomic E-state index is 0.0822. The first-order chi connectivity index (χ1) is 11.9. The van der Waals surface area contributed by atoms with Crippen LogP contribution in [0, 0.1) is 3.57 Å². The van der Waals surface area contributed by atoms with E-state index in [1.807, 2.05) is 0 Å². The van der Waals surface area contributed by atoms with Crippen LogP contribution in [0.4, 0.5) is 0 Å². The highest BCUT2D eigenvalue weighted by molar-refractivity contribution is 14.1. The van der Waals surface area contributed by atoms with Crippen molar-refractivity contribution in [3.05, 3.63) is 30.6 Å². The van der Waals surface area contributed by atoms with Gasteiger partial charge in [0, 0.05) is 12.6 Å². The zero-order chi connectivity index (χ0) is 19.8. The maximum Gasteiger partial charge on any atom is 0.356 e. The van der Waals surface area contributed by atoms with Crippen LogP contribution in [-0.2, 0) is 13.8 Å². The third-order valence-electron chi connectivity index (χ3n) is 3.90. The van der Waals surface area contributed by atoms with Crippen LogP contribution in [0.5, 0.6) is 0 Å². The minimum Gasteiger partial charge on any atom is -0.388 e. The Morgan fingerprint density at radius 2 is 2.00 bits per heavy atom. The average molecular weight is 506 g/mol. The summed E-state index contributed by atoms with van der Waals surface area (Å²) in [7, 11) is -4.25. The second-order valence-corrected chi connectivity index (χ2v) is 9.29. The Kier molecular flexibility index (Phi) is 6.83. The van der Waals surface area contributed by atoms with Crippen molar-refractivity contribution in [2.45, 2.75) is 56.8 Å². The molecule has 11 nitrogen and oxygen atoms in total. The fourth-order valence-corrected chi connectivity index (χ4v) is 3.73. The highest BCUT2D eigenvalue weighted by atomic mass is 127. The van der Waals surface area contributed by atoms with E-state index in [9.17, 15) is 34.4 Å². The zero-order valence-electron chi connectivity index (χ0n) is 13.9. The molecule has 0 aliphatic carbocycles. The molecule has 26 heavy (non-hydrogen) atoms. The van der Waals surface area contributed by atoms with Gasteiger partial charge in [-0.1, -0.05) is 0 Å². The number of aliphatic hydroxyl groups is 3. The van der Waals surface area contributed by atoms with Crippen molar-refractivity contribution in [1.29, 1.82) is 0 Å². The number of halogens is 1. The molecule has 0 spiro atoms. The maximum absolute atomic E-state index is 11.9. The number of aliphatic hydroxyl groups excluding tert-OH is 3. The smallest absolute Gasteiger partial charge is 0.356 e. The van der Waals surface area contributed by atoms with E-state index in [0.717, 1.165) is 11.5 Å². The van der Waals surface area contributed by atoms with E-state index >= 15 is 0 Å². The molecule has 0 amide bonds. The second-order valence-electron chi connectivity index (χ2n) is 6.04. The van der Waals surface area contributed by atoms with Crippen LogP contribution in [0.2, 0.25) is 0 Å². The van der Waals surface area contributed by atoms with Gasteiger partial charge >= 0.3 is 13.3 Å². The van der Waals surface area contributed by atoms with Gasteiger partial charge in [-0.25, -0.2) is 4.79 Å². The molecule has 0 bridgehead atoms. The molecule has 13 heteroatoms. The van der Waals surface area contributed by atoms with Gasteiger partial charge in [-0.05, 0) is 36.4 Å². The van der Waals surface area contributed by atoms with Crippen LogP contribution in [0.25, 0.3) is 0 Å².